The first-order valence-corrected chi connectivity index (χ1v) is 11.2. The van der Waals surface area contributed by atoms with E-state index in [9.17, 15) is 0 Å². The van der Waals surface area contributed by atoms with Crippen molar-refractivity contribution in [3.8, 4) is 0 Å². The molecule has 26 heavy (non-hydrogen) atoms. The summed E-state index contributed by atoms with van der Waals surface area (Å²) in [6.45, 7) is 6.45. The lowest BCUT2D eigenvalue weighted by Crippen LogP contribution is -2.23. The molecule has 2 saturated heterocycles. The van der Waals surface area contributed by atoms with Crippen molar-refractivity contribution in [3.63, 3.8) is 0 Å². The van der Waals surface area contributed by atoms with Crippen molar-refractivity contribution in [2.45, 2.75) is 134 Å². The fourth-order valence-electron chi connectivity index (χ4n) is 4.15. The van der Waals surface area contributed by atoms with Gasteiger partial charge in [-0.05, 0) is 33.1 Å². The van der Waals surface area contributed by atoms with Crippen LogP contribution in [0.3, 0.4) is 0 Å². The van der Waals surface area contributed by atoms with Crippen LogP contribution < -0.4 is 0 Å². The summed E-state index contributed by atoms with van der Waals surface area (Å²) in [6.07, 6.45) is 17.3. The molecule has 2 aliphatic rings. The van der Waals surface area contributed by atoms with Crippen LogP contribution in [0.2, 0.25) is 0 Å². The highest BCUT2D eigenvalue weighted by atomic mass is 16.7. The van der Waals surface area contributed by atoms with Crippen LogP contribution in [-0.2, 0) is 14.2 Å². The SMILES string of the molecule is CCCCCCCCCCCC[C@H]1OC(C)(C)O[C@@H]1CC[C@@H]1O[C@H]1CO. The molecule has 0 aliphatic carbocycles. The van der Waals surface area contributed by atoms with E-state index in [2.05, 4.69) is 6.92 Å². The fourth-order valence-corrected chi connectivity index (χ4v) is 4.15. The Hall–Kier alpha value is -0.160. The summed E-state index contributed by atoms with van der Waals surface area (Å²) in [6, 6.07) is 0. The molecular weight excluding hydrogens is 328 g/mol. The maximum Gasteiger partial charge on any atom is 0.163 e. The molecule has 1 N–H and O–H groups in total. The van der Waals surface area contributed by atoms with Crippen LogP contribution in [0.15, 0.2) is 0 Å². The Kier molecular flexibility index (Phi) is 9.90. The van der Waals surface area contributed by atoms with Gasteiger partial charge in [0.2, 0.25) is 0 Å². The number of aliphatic hydroxyl groups excluding tert-OH is 1. The minimum absolute atomic E-state index is 0.0609. The zero-order valence-corrected chi connectivity index (χ0v) is 17.4. The topological polar surface area (TPSA) is 51.2 Å². The highest BCUT2D eigenvalue weighted by Gasteiger charge is 2.43. The smallest absolute Gasteiger partial charge is 0.163 e. The monoisotopic (exact) mass is 370 g/mol. The number of ether oxygens (including phenoxy) is 3. The third-order valence-corrected chi connectivity index (χ3v) is 5.73. The molecule has 0 spiro atoms. The fraction of sp³-hybridized carbons (Fsp3) is 1.00. The molecule has 0 radical (unpaired) electrons. The minimum atomic E-state index is -0.464. The van der Waals surface area contributed by atoms with Gasteiger partial charge in [0.25, 0.3) is 0 Å². The summed E-state index contributed by atoms with van der Waals surface area (Å²) in [5.41, 5.74) is 0. The Morgan fingerprint density at radius 1 is 0.654 bits per heavy atom. The van der Waals surface area contributed by atoms with Gasteiger partial charge in [0.1, 0.15) is 6.10 Å². The van der Waals surface area contributed by atoms with Crippen molar-refractivity contribution in [1.29, 1.82) is 0 Å². The summed E-state index contributed by atoms with van der Waals surface area (Å²) in [5, 5.41) is 9.08. The Balaban J connectivity index is 1.52. The summed E-state index contributed by atoms with van der Waals surface area (Å²) in [5.74, 6) is -0.464. The highest BCUT2D eigenvalue weighted by molar-refractivity contribution is 4.88. The first-order chi connectivity index (χ1) is 12.6. The van der Waals surface area contributed by atoms with Crippen LogP contribution in [0.5, 0.6) is 0 Å². The lowest BCUT2D eigenvalue weighted by atomic mass is 10.00. The van der Waals surface area contributed by atoms with Crippen molar-refractivity contribution >= 4 is 0 Å². The molecule has 4 atom stereocenters. The van der Waals surface area contributed by atoms with Gasteiger partial charge in [0.15, 0.2) is 5.79 Å². The second-order valence-electron chi connectivity index (χ2n) is 8.66. The zero-order chi connectivity index (χ0) is 18.8. The second kappa shape index (κ2) is 11.6. The van der Waals surface area contributed by atoms with E-state index in [1.807, 2.05) is 13.8 Å². The predicted octanol–water partition coefficient (Wildman–Crippen LogP) is 5.36. The molecule has 0 aromatic heterocycles. The van der Waals surface area contributed by atoms with Crippen LogP contribution >= 0.6 is 0 Å². The van der Waals surface area contributed by atoms with Crippen molar-refractivity contribution in [3.05, 3.63) is 0 Å². The molecule has 4 nitrogen and oxygen atoms in total. The third kappa shape index (κ3) is 8.24. The Labute approximate surface area is 161 Å². The molecule has 2 fully saturated rings. The Morgan fingerprint density at radius 2 is 1.15 bits per heavy atom. The van der Waals surface area contributed by atoms with Crippen LogP contribution in [0.25, 0.3) is 0 Å². The molecule has 0 amide bonds. The quantitative estimate of drug-likeness (QED) is 0.311. The normalized spacial score (nSPS) is 30.0. The van der Waals surface area contributed by atoms with E-state index in [0.29, 0.717) is 0 Å². The number of hydrogen-bond donors (Lipinski definition) is 1. The number of rotatable bonds is 15. The largest absolute Gasteiger partial charge is 0.394 e. The highest BCUT2D eigenvalue weighted by Crippen LogP contribution is 2.35. The molecule has 2 rings (SSSR count). The van der Waals surface area contributed by atoms with Crippen molar-refractivity contribution in [2.75, 3.05) is 6.61 Å². The first kappa shape index (κ1) is 22.1. The molecular formula is C22H42O4. The molecule has 2 aliphatic heterocycles. The molecule has 4 heteroatoms. The summed E-state index contributed by atoms with van der Waals surface area (Å²) < 4.78 is 17.7. The van der Waals surface area contributed by atoms with E-state index in [0.717, 1.165) is 19.3 Å². The molecule has 154 valence electrons. The van der Waals surface area contributed by atoms with Gasteiger partial charge in [-0.25, -0.2) is 0 Å². The van der Waals surface area contributed by atoms with E-state index in [4.69, 9.17) is 19.3 Å². The summed E-state index contributed by atoms with van der Waals surface area (Å²) in [4.78, 5) is 0. The van der Waals surface area contributed by atoms with Crippen LogP contribution in [-0.4, -0.2) is 41.9 Å². The van der Waals surface area contributed by atoms with Crippen molar-refractivity contribution in [2.24, 2.45) is 0 Å². The molecule has 0 aromatic carbocycles. The summed E-state index contributed by atoms with van der Waals surface area (Å²) >= 11 is 0. The van der Waals surface area contributed by atoms with Gasteiger partial charge in [0.05, 0.1) is 24.9 Å². The van der Waals surface area contributed by atoms with E-state index in [1.54, 1.807) is 0 Å². The Morgan fingerprint density at radius 3 is 1.69 bits per heavy atom. The predicted molar refractivity (Wildman–Crippen MR) is 105 cm³/mol. The number of aliphatic hydroxyl groups is 1. The van der Waals surface area contributed by atoms with Crippen LogP contribution in [0.1, 0.15) is 104 Å². The minimum Gasteiger partial charge on any atom is -0.394 e. The van der Waals surface area contributed by atoms with Gasteiger partial charge in [-0.2, -0.15) is 0 Å². The first-order valence-electron chi connectivity index (χ1n) is 11.2. The number of unbranched alkanes of at least 4 members (excludes halogenated alkanes) is 9. The number of hydrogen-bond acceptors (Lipinski definition) is 4. The molecule has 0 saturated carbocycles. The third-order valence-electron chi connectivity index (χ3n) is 5.73. The van der Waals surface area contributed by atoms with Gasteiger partial charge < -0.3 is 19.3 Å². The van der Waals surface area contributed by atoms with Crippen LogP contribution in [0, 0.1) is 0 Å². The van der Waals surface area contributed by atoms with E-state index in [1.165, 1.54) is 64.2 Å². The standard InChI is InChI=1S/C22H42O4/c1-4-5-6-7-8-9-10-11-12-13-14-19-20(26-22(2,3)25-19)16-15-18-21(17-23)24-18/h18-21,23H,4-17H2,1-3H3/t18-,19+,20+,21-/m0/s1. The van der Waals surface area contributed by atoms with Gasteiger partial charge >= 0.3 is 0 Å². The van der Waals surface area contributed by atoms with Crippen molar-refractivity contribution < 1.29 is 19.3 Å². The molecule has 0 aromatic rings. The lowest BCUT2D eigenvalue weighted by Gasteiger charge is -2.16. The average molecular weight is 371 g/mol. The van der Waals surface area contributed by atoms with Crippen LogP contribution in [0.4, 0.5) is 0 Å². The average Bonchev–Trinajstić information content (AvgIpc) is 3.31. The van der Waals surface area contributed by atoms with E-state index in [-0.39, 0.29) is 31.0 Å². The van der Waals surface area contributed by atoms with Gasteiger partial charge in [0, 0.05) is 0 Å². The molecule has 0 bridgehead atoms. The van der Waals surface area contributed by atoms with Crippen molar-refractivity contribution in [1.82, 2.24) is 0 Å². The van der Waals surface area contributed by atoms with Gasteiger partial charge in [-0.1, -0.05) is 71.1 Å². The maximum atomic E-state index is 9.08. The van der Waals surface area contributed by atoms with Gasteiger partial charge in [-0.3, -0.25) is 0 Å². The Bertz CT molecular complexity index is 371. The summed E-state index contributed by atoms with van der Waals surface area (Å²) in [7, 11) is 0. The van der Waals surface area contributed by atoms with Gasteiger partial charge in [-0.15, -0.1) is 0 Å². The van der Waals surface area contributed by atoms with E-state index >= 15 is 0 Å². The van der Waals surface area contributed by atoms with E-state index < -0.39 is 5.79 Å². The maximum absolute atomic E-state index is 9.08. The molecule has 2 heterocycles. The number of epoxide rings is 1. The second-order valence-corrected chi connectivity index (χ2v) is 8.66. The zero-order valence-electron chi connectivity index (χ0n) is 17.4. The lowest BCUT2D eigenvalue weighted by molar-refractivity contribution is -0.147. The molecule has 0 unspecified atom stereocenters.